The van der Waals surface area contributed by atoms with Gasteiger partial charge in [0.15, 0.2) is 0 Å². The largest absolute Gasteiger partial charge is 0.314 e. The van der Waals surface area contributed by atoms with Gasteiger partial charge in [-0.1, -0.05) is 12.8 Å². The Hall–Kier alpha value is -0.380. The van der Waals surface area contributed by atoms with Gasteiger partial charge in [0.2, 0.25) is 0 Å². The Balaban J connectivity index is 1.74. The quantitative estimate of drug-likeness (QED) is 0.884. The molecule has 2 fully saturated rings. The predicted molar refractivity (Wildman–Crippen MR) is 73.6 cm³/mol. The van der Waals surface area contributed by atoms with Crippen molar-refractivity contribution >= 4 is 11.3 Å². The molecule has 0 bridgehead atoms. The van der Waals surface area contributed by atoms with Crippen molar-refractivity contribution in [2.24, 2.45) is 5.92 Å². The van der Waals surface area contributed by atoms with Crippen LogP contribution in [-0.2, 0) is 0 Å². The van der Waals surface area contributed by atoms with Gasteiger partial charge in [-0.15, -0.1) is 11.3 Å². The average molecular weight is 250 g/mol. The highest BCUT2D eigenvalue weighted by molar-refractivity contribution is 7.12. The zero-order valence-electron chi connectivity index (χ0n) is 10.6. The number of nitrogens with zero attached hydrogens (tertiary/aromatic N) is 1. The van der Waals surface area contributed by atoms with Gasteiger partial charge in [0.25, 0.3) is 0 Å². The van der Waals surface area contributed by atoms with Crippen molar-refractivity contribution in [1.29, 1.82) is 0 Å². The third-order valence-corrected chi connectivity index (χ3v) is 5.04. The Bertz CT molecular complexity index is 364. The zero-order chi connectivity index (χ0) is 11.7. The molecule has 1 aliphatic carbocycles. The smallest absolute Gasteiger partial charge is 0.0445 e. The molecule has 1 N–H and O–H groups in total. The highest BCUT2D eigenvalue weighted by Crippen LogP contribution is 2.41. The maximum atomic E-state index is 3.46. The van der Waals surface area contributed by atoms with E-state index in [1.54, 1.807) is 4.88 Å². The number of hydrogen-bond acceptors (Lipinski definition) is 3. The maximum Gasteiger partial charge on any atom is 0.0445 e. The second-order valence-corrected chi connectivity index (χ2v) is 6.75. The van der Waals surface area contributed by atoms with Crippen LogP contribution in [0.2, 0.25) is 0 Å². The van der Waals surface area contributed by atoms with Crippen LogP contribution in [0.15, 0.2) is 12.1 Å². The summed E-state index contributed by atoms with van der Waals surface area (Å²) in [5, 5.41) is 3.46. The molecule has 2 nitrogen and oxygen atoms in total. The number of nitrogens with one attached hydrogen (secondary N) is 1. The molecule has 1 atom stereocenters. The number of thiophene rings is 1. The van der Waals surface area contributed by atoms with Crippen molar-refractivity contribution in [3.05, 3.63) is 21.9 Å². The molecule has 1 aliphatic heterocycles. The molecule has 0 aromatic carbocycles. The Labute approximate surface area is 108 Å². The van der Waals surface area contributed by atoms with E-state index in [1.165, 1.54) is 37.2 Å². The van der Waals surface area contributed by atoms with E-state index in [-0.39, 0.29) is 0 Å². The van der Waals surface area contributed by atoms with Crippen LogP contribution in [-0.4, -0.2) is 31.1 Å². The fourth-order valence-electron chi connectivity index (χ4n) is 2.74. The lowest BCUT2D eigenvalue weighted by Gasteiger charge is -2.34. The minimum Gasteiger partial charge on any atom is -0.314 e. The van der Waals surface area contributed by atoms with Crippen molar-refractivity contribution in [2.75, 3.05) is 26.2 Å². The number of piperazine rings is 1. The first-order chi connectivity index (χ1) is 8.33. The summed E-state index contributed by atoms with van der Waals surface area (Å²) in [6.45, 7) is 6.97. The summed E-state index contributed by atoms with van der Waals surface area (Å²) in [6.07, 6.45) is 4.32. The Morgan fingerprint density at radius 2 is 2.12 bits per heavy atom. The van der Waals surface area contributed by atoms with E-state index in [0.717, 1.165) is 19.0 Å². The molecule has 3 heteroatoms. The predicted octanol–water partition coefficient (Wildman–Crippen LogP) is 2.80. The molecule has 94 valence electrons. The molecule has 0 radical (unpaired) electrons. The summed E-state index contributed by atoms with van der Waals surface area (Å²) in [4.78, 5) is 5.74. The van der Waals surface area contributed by atoms with Crippen molar-refractivity contribution in [3.63, 3.8) is 0 Å². The Morgan fingerprint density at radius 3 is 2.71 bits per heavy atom. The standard InChI is InChI=1S/C14H22N2S/c1-11-2-5-14(17-11)13(10-12-3-4-12)16-8-6-15-7-9-16/h2,5,12-13,15H,3-4,6-10H2,1H3/t13-/m1/s1. The molecule has 0 spiro atoms. The summed E-state index contributed by atoms with van der Waals surface area (Å²) in [5.74, 6) is 1.01. The Morgan fingerprint density at radius 1 is 1.35 bits per heavy atom. The monoisotopic (exact) mass is 250 g/mol. The van der Waals surface area contributed by atoms with Crippen LogP contribution in [0.1, 0.15) is 35.1 Å². The molecule has 1 saturated carbocycles. The molecule has 0 amide bonds. The fourth-order valence-corrected chi connectivity index (χ4v) is 3.77. The highest BCUT2D eigenvalue weighted by Gasteiger charge is 2.30. The topological polar surface area (TPSA) is 15.3 Å². The summed E-state index contributed by atoms with van der Waals surface area (Å²) in [7, 11) is 0. The van der Waals surface area contributed by atoms with E-state index in [0.29, 0.717) is 6.04 Å². The van der Waals surface area contributed by atoms with E-state index in [2.05, 4.69) is 29.3 Å². The molecule has 17 heavy (non-hydrogen) atoms. The number of hydrogen-bond donors (Lipinski definition) is 1. The van der Waals surface area contributed by atoms with Gasteiger partial charge in [0.1, 0.15) is 0 Å². The van der Waals surface area contributed by atoms with Crippen LogP contribution in [0, 0.1) is 12.8 Å². The third kappa shape index (κ3) is 2.90. The maximum absolute atomic E-state index is 3.46. The molecule has 1 saturated heterocycles. The van der Waals surface area contributed by atoms with Crippen molar-refractivity contribution < 1.29 is 0 Å². The lowest BCUT2D eigenvalue weighted by Crippen LogP contribution is -2.45. The Kier molecular flexibility index (Phi) is 3.50. The van der Waals surface area contributed by atoms with E-state index >= 15 is 0 Å². The summed E-state index contributed by atoms with van der Waals surface area (Å²) in [6, 6.07) is 5.33. The molecule has 2 aliphatic rings. The van der Waals surface area contributed by atoms with E-state index in [9.17, 15) is 0 Å². The average Bonchev–Trinajstić information content (AvgIpc) is 3.08. The fraction of sp³-hybridized carbons (Fsp3) is 0.714. The molecular formula is C14H22N2S. The van der Waals surface area contributed by atoms with Crippen molar-refractivity contribution in [1.82, 2.24) is 10.2 Å². The van der Waals surface area contributed by atoms with Gasteiger partial charge in [0, 0.05) is 42.0 Å². The first-order valence-corrected chi connectivity index (χ1v) is 7.65. The van der Waals surface area contributed by atoms with Gasteiger partial charge < -0.3 is 5.32 Å². The first kappa shape index (κ1) is 11.7. The highest BCUT2D eigenvalue weighted by atomic mass is 32.1. The second kappa shape index (κ2) is 5.09. The summed E-state index contributed by atoms with van der Waals surface area (Å²) >= 11 is 2.00. The van der Waals surface area contributed by atoms with Gasteiger partial charge in [-0.25, -0.2) is 0 Å². The molecule has 0 unspecified atom stereocenters. The molecule has 3 rings (SSSR count). The molecule has 1 aromatic rings. The van der Waals surface area contributed by atoms with Crippen molar-refractivity contribution in [2.45, 2.75) is 32.2 Å². The van der Waals surface area contributed by atoms with Crippen LogP contribution in [0.3, 0.4) is 0 Å². The first-order valence-electron chi connectivity index (χ1n) is 6.84. The van der Waals surface area contributed by atoms with Gasteiger partial charge in [-0.3, -0.25) is 4.90 Å². The van der Waals surface area contributed by atoms with Gasteiger partial charge in [0.05, 0.1) is 0 Å². The van der Waals surface area contributed by atoms with Crippen LogP contribution in [0.4, 0.5) is 0 Å². The van der Waals surface area contributed by atoms with Crippen LogP contribution >= 0.6 is 11.3 Å². The molecule has 1 aromatic heterocycles. The number of rotatable bonds is 4. The second-order valence-electron chi connectivity index (χ2n) is 5.43. The molecule has 2 heterocycles. The summed E-state index contributed by atoms with van der Waals surface area (Å²) in [5.41, 5.74) is 0. The normalized spacial score (nSPS) is 23.8. The van der Waals surface area contributed by atoms with E-state index in [4.69, 9.17) is 0 Å². The van der Waals surface area contributed by atoms with Crippen LogP contribution in [0.5, 0.6) is 0 Å². The van der Waals surface area contributed by atoms with Gasteiger partial charge >= 0.3 is 0 Å². The van der Waals surface area contributed by atoms with E-state index in [1.807, 2.05) is 11.3 Å². The summed E-state index contributed by atoms with van der Waals surface area (Å²) < 4.78 is 0. The van der Waals surface area contributed by atoms with Gasteiger partial charge in [-0.2, -0.15) is 0 Å². The van der Waals surface area contributed by atoms with Crippen molar-refractivity contribution in [3.8, 4) is 0 Å². The third-order valence-electron chi connectivity index (χ3n) is 3.94. The minimum atomic E-state index is 0.697. The van der Waals surface area contributed by atoms with Gasteiger partial charge in [-0.05, 0) is 31.4 Å². The zero-order valence-corrected chi connectivity index (χ0v) is 11.4. The van der Waals surface area contributed by atoms with Crippen LogP contribution in [0.25, 0.3) is 0 Å². The minimum absolute atomic E-state index is 0.697. The lowest BCUT2D eigenvalue weighted by molar-refractivity contribution is 0.163. The number of aryl methyl sites for hydroxylation is 1. The van der Waals surface area contributed by atoms with Crippen LogP contribution < -0.4 is 5.32 Å². The molecular weight excluding hydrogens is 228 g/mol. The SMILES string of the molecule is Cc1ccc([C@@H](CC2CC2)N2CCNCC2)s1. The van der Waals surface area contributed by atoms with E-state index < -0.39 is 0 Å². The lowest BCUT2D eigenvalue weighted by atomic mass is 10.1.